The van der Waals surface area contributed by atoms with E-state index in [9.17, 15) is 19.2 Å². The summed E-state index contributed by atoms with van der Waals surface area (Å²) < 4.78 is 19.5. The Hall–Kier alpha value is -3.45. The number of rotatable bonds is 1. The lowest BCUT2D eigenvalue weighted by Crippen LogP contribution is -2.53. The molecule has 2 heterocycles. The van der Waals surface area contributed by atoms with Gasteiger partial charge >= 0.3 is 24.5 Å². The maximum Gasteiger partial charge on any atom is 0.517 e. The zero-order valence-corrected chi connectivity index (χ0v) is 19.1. The van der Waals surface area contributed by atoms with Crippen LogP contribution in [0.3, 0.4) is 0 Å². The first-order valence-electron chi connectivity index (χ1n) is 9.79. The summed E-state index contributed by atoms with van der Waals surface area (Å²) >= 11 is 0. The minimum atomic E-state index is -1.17. The first-order chi connectivity index (χ1) is 14.6. The van der Waals surface area contributed by atoms with Gasteiger partial charge in [-0.05, 0) is 46.8 Å². The molecule has 1 unspecified atom stereocenters. The van der Waals surface area contributed by atoms with Gasteiger partial charge in [0.1, 0.15) is 17.2 Å². The van der Waals surface area contributed by atoms with E-state index in [2.05, 4.69) is 15.4 Å². The third-order valence-corrected chi connectivity index (χ3v) is 3.82. The Morgan fingerprint density at radius 3 is 1.88 bits per heavy atom. The Labute approximate surface area is 184 Å². The van der Waals surface area contributed by atoms with Crippen molar-refractivity contribution in [3.8, 4) is 0 Å². The predicted octanol–water partition coefficient (Wildman–Crippen LogP) is 2.01. The number of aromatic nitrogens is 4. The molecule has 14 heteroatoms. The number of ether oxygens (including phenoxy) is 4. The van der Waals surface area contributed by atoms with Gasteiger partial charge < -0.3 is 23.8 Å². The zero-order valence-electron chi connectivity index (χ0n) is 19.1. The largest absolute Gasteiger partial charge is 0.517 e. The van der Waals surface area contributed by atoms with Gasteiger partial charge in [-0.3, -0.25) is 4.90 Å². The van der Waals surface area contributed by atoms with E-state index in [0.717, 1.165) is 4.90 Å². The van der Waals surface area contributed by atoms with Crippen LogP contribution < -0.4 is 0 Å². The Balaban J connectivity index is 2.12. The standard InChI is InChI=1S/C18H28N6O8/c1-17(2,3)31-15(27)29-13(25)23-8-9-24(11(10-23)12-19-21-22(7)20-12)14(26)30-16(28)32-18(4,5)6/h11H,8-10H2,1-7H3. The van der Waals surface area contributed by atoms with Crippen LogP contribution in [0.15, 0.2) is 0 Å². The molecule has 1 aliphatic heterocycles. The first kappa shape index (κ1) is 24.8. The molecule has 1 fully saturated rings. The molecular formula is C18H28N6O8. The highest BCUT2D eigenvalue weighted by Gasteiger charge is 2.39. The van der Waals surface area contributed by atoms with Crippen LogP contribution in [0.2, 0.25) is 0 Å². The number of nitrogens with zero attached hydrogens (tertiary/aromatic N) is 6. The molecule has 2 amide bonds. The molecule has 1 aromatic rings. The summed E-state index contributed by atoms with van der Waals surface area (Å²) in [5.41, 5.74) is -1.69. The van der Waals surface area contributed by atoms with Crippen LogP contribution in [0.25, 0.3) is 0 Å². The molecule has 0 aromatic carbocycles. The first-order valence-corrected chi connectivity index (χ1v) is 9.79. The number of hydrogen-bond donors (Lipinski definition) is 0. The molecule has 0 radical (unpaired) electrons. The molecule has 32 heavy (non-hydrogen) atoms. The Kier molecular flexibility index (Phi) is 7.26. The molecule has 1 aromatic heterocycles. The van der Waals surface area contributed by atoms with Crippen molar-refractivity contribution in [3.63, 3.8) is 0 Å². The van der Waals surface area contributed by atoms with Gasteiger partial charge in [0.25, 0.3) is 0 Å². The third-order valence-electron chi connectivity index (χ3n) is 3.82. The zero-order chi connectivity index (χ0) is 24.3. The summed E-state index contributed by atoms with van der Waals surface area (Å²) in [6.45, 7) is 9.55. The number of amides is 2. The topological polar surface area (TPSA) is 155 Å². The second-order valence-corrected chi connectivity index (χ2v) is 8.96. The van der Waals surface area contributed by atoms with Crippen LogP contribution in [0.4, 0.5) is 19.2 Å². The van der Waals surface area contributed by atoms with Crippen molar-refractivity contribution in [2.45, 2.75) is 58.8 Å². The van der Waals surface area contributed by atoms with E-state index >= 15 is 0 Å². The molecular weight excluding hydrogens is 428 g/mol. The van der Waals surface area contributed by atoms with Crippen LogP contribution in [-0.2, 0) is 26.0 Å². The lowest BCUT2D eigenvalue weighted by atomic mass is 10.1. The van der Waals surface area contributed by atoms with E-state index in [1.807, 2.05) is 0 Å². The number of tetrazole rings is 1. The highest BCUT2D eigenvalue weighted by atomic mass is 16.8. The molecule has 0 bridgehead atoms. The van der Waals surface area contributed by atoms with Crippen molar-refractivity contribution in [3.05, 3.63) is 5.82 Å². The van der Waals surface area contributed by atoms with Crippen molar-refractivity contribution in [1.82, 2.24) is 30.0 Å². The highest BCUT2D eigenvalue weighted by molar-refractivity contribution is 5.82. The lowest BCUT2D eigenvalue weighted by Gasteiger charge is -2.38. The van der Waals surface area contributed by atoms with E-state index in [0.29, 0.717) is 0 Å². The summed E-state index contributed by atoms with van der Waals surface area (Å²) in [7, 11) is 1.53. The second-order valence-electron chi connectivity index (χ2n) is 8.96. The normalized spacial score (nSPS) is 16.9. The Morgan fingerprint density at radius 2 is 1.41 bits per heavy atom. The van der Waals surface area contributed by atoms with Crippen molar-refractivity contribution in [1.29, 1.82) is 0 Å². The molecule has 1 saturated heterocycles. The summed E-state index contributed by atoms with van der Waals surface area (Å²) in [6, 6.07) is -0.918. The number of carbonyl (C=O) groups excluding carboxylic acids is 4. The summed E-state index contributed by atoms with van der Waals surface area (Å²) in [5.74, 6) is 0.100. The van der Waals surface area contributed by atoms with Crippen molar-refractivity contribution in [2.75, 3.05) is 19.6 Å². The van der Waals surface area contributed by atoms with Gasteiger partial charge in [0.2, 0.25) is 0 Å². The summed E-state index contributed by atoms with van der Waals surface area (Å²) in [5, 5.41) is 11.7. The molecule has 178 valence electrons. The van der Waals surface area contributed by atoms with Gasteiger partial charge in [0.05, 0.1) is 13.6 Å². The predicted molar refractivity (Wildman–Crippen MR) is 105 cm³/mol. The SMILES string of the molecule is Cn1nnc(C2CN(C(=O)OC(=O)OC(C)(C)C)CCN2C(=O)OC(=O)OC(C)(C)C)n1. The Morgan fingerprint density at radius 1 is 0.875 bits per heavy atom. The van der Waals surface area contributed by atoms with Gasteiger partial charge in [-0.2, -0.15) is 4.80 Å². The van der Waals surface area contributed by atoms with Crippen molar-refractivity contribution in [2.24, 2.45) is 7.05 Å². The highest BCUT2D eigenvalue weighted by Crippen LogP contribution is 2.24. The fraction of sp³-hybridized carbons (Fsp3) is 0.722. The van der Waals surface area contributed by atoms with Crippen molar-refractivity contribution < 1.29 is 38.1 Å². The fourth-order valence-electron chi connectivity index (χ4n) is 2.63. The molecule has 1 aliphatic rings. The lowest BCUT2D eigenvalue weighted by molar-refractivity contribution is -0.0132. The molecule has 14 nitrogen and oxygen atoms in total. The maximum absolute atomic E-state index is 12.6. The minimum absolute atomic E-state index is 0.0121. The van der Waals surface area contributed by atoms with E-state index in [4.69, 9.17) is 18.9 Å². The average molecular weight is 456 g/mol. The fourth-order valence-corrected chi connectivity index (χ4v) is 2.63. The van der Waals surface area contributed by atoms with E-state index in [1.165, 1.54) is 16.7 Å². The molecule has 2 rings (SSSR count). The molecule has 0 spiro atoms. The van der Waals surface area contributed by atoms with Gasteiger partial charge in [-0.15, -0.1) is 10.2 Å². The maximum atomic E-state index is 12.6. The van der Waals surface area contributed by atoms with E-state index in [1.54, 1.807) is 41.5 Å². The molecule has 0 saturated carbocycles. The number of piperazine rings is 1. The van der Waals surface area contributed by atoms with Gasteiger partial charge in [-0.1, -0.05) is 0 Å². The molecule has 0 N–H and O–H groups in total. The number of carbonyl (C=O) groups is 4. The molecule has 1 atom stereocenters. The third kappa shape index (κ3) is 7.35. The van der Waals surface area contributed by atoms with Crippen LogP contribution in [0, 0.1) is 0 Å². The average Bonchev–Trinajstić information content (AvgIpc) is 3.04. The van der Waals surface area contributed by atoms with E-state index in [-0.39, 0.29) is 25.5 Å². The van der Waals surface area contributed by atoms with Crippen LogP contribution in [0.5, 0.6) is 0 Å². The van der Waals surface area contributed by atoms with Gasteiger partial charge in [0.15, 0.2) is 5.82 Å². The number of aryl methyl sites for hydroxylation is 1. The number of hydrogen-bond acceptors (Lipinski definition) is 11. The summed E-state index contributed by atoms with van der Waals surface area (Å²) in [4.78, 5) is 52.2. The van der Waals surface area contributed by atoms with E-state index < -0.39 is 41.7 Å². The monoisotopic (exact) mass is 456 g/mol. The quantitative estimate of drug-likeness (QED) is 0.450. The van der Waals surface area contributed by atoms with Gasteiger partial charge in [0, 0.05) is 13.1 Å². The van der Waals surface area contributed by atoms with Gasteiger partial charge in [-0.25, -0.2) is 19.2 Å². The van der Waals surface area contributed by atoms with Crippen LogP contribution >= 0.6 is 0 Å². The Bertz CT molecular complexity index is 872. The second kappa shape index (κ2) is 9.36. The smallest absolute Gasteiger partial charge is 0.428 e. The minimum Gasteiger partial charge on any atom is -0.428 e. The van der Waals surface area contributed by atoms with Crippen molar-refractivity contribution >= 4 is 24.5 Å². The summed E-state index contributed by atoms with van der Waals surface area (Å²) in [6.07, 6.45) is -4.28. The van der Waals surface area contributed by atoms with Crippen LogP contribution in [-0.4, -0.2) is 85.3 Å². The van der Waals surface area contributed by atoms with Crippen LogP contribution in [0.1, 0.15) is 53.4 Å². The molecule has 0 aliphatic carbocycles.